The Balaban J connectivity index is 1.66. The Morgan fingerprint density at radius 1 is 1.12 bits per heavy atom. The number of hydrogen-bond acceptors (Lipinski definition) is 5. The second kappa shape index (κ2) is 8.79. The van der Waals surface area contributed by atoms with Crippen molar-refractivity contribution in [1.29, 1.82) is 0 Å². The highest BCUT2D eigenvalue weighted by atomic mass is 19.4. The summed E-state index contributed by atoms with van der Waals surface area (Å²) in [5.74, 6) is 1.28. The highest BCUT2D eigenvalue weighted by Gasteiger charge is 2.47. The Kier molecular flexibility index (Phi) is 6.20. The Labute approximate surface area is 190 Å². The molecule has 0 saturated carbocycles. The van der Waals surface area contributed by atoms with Gasteiger partial charge in [0.15, 0.2) is 23.2 Å². The molecule has 0 bridgehead atoms. The number of alkyl halides is 3. The molecule has 2 aromatic rings. The number of rotatable bonds is 4. The number of likely N-dealkylation sites (tertiary alicyclic amines) is 1. The van der Waals surface area contributed by atoms with Crippen molar-refractivity contribution in [3.8, 4) is 11.5 Å². The zero-order valence-corrected chi connectivity index (χ0v) is 19.1. The number of ether oxygens (including phenoxy) is 2. The summed E-state index contributed by atoms with van der Waals surface area (Å²) in [7, 11) is 2.97. The number of nitrogens with one attached hydrogen (secondary N) is 1. The maximum atomic E-state index is 14.0. The fraction of sp³-hybridized carbons (Fsp3) is 0.565. The van der Waals surface area contributed by atoms with Gasteiger partial charge in [0.05, 0.1) is 20.3 Å². The van der Waals surface area contributed by atoms with Gasteiger partial charge in [-0.1, -0.05) is 13.0 Å². The Morgan fingerprint density at radius 3 is 2.48 bits per heavy atom. The van der Waals surface area contributed by atoms with Gasteiger partial charge in [-0.05, 0) is 43.4 Å². The number of amides is 1. The SMILES string of the molecule is COc1ccc([C@H]2C[C@@H](C(F)(F)F)n3nc(C(=O)N4CC[C@@H](C)C[C@H]4C)cc3N2)cc1OC. The summed E-state index contributed by atoms with van der Waals surface area (Å²) in [5.41, 5.74) is 0.655. The fourth-order valence-corrected chi connectivity index (χ4v) is 4.82. The number of methoxy groups -OCH3 is 2. The Bertz CT molecular complexity index is 1020. The van der Waals surface area contributed by atoms with Crippen molar-refractivity contribution in [3.63, 3.8) is 0 Å². The molecule has 0 radical (unpaired) electrons. The number of piperidine rings is 1. The molecule has 1 amide bonds. The molecule has 4 rings (SSSR count). The van der Waals surface area contributed by atoms with E-state index >= 15 is 0 Å². The quantitative estimate of drug-likeness (QED) is 0.700. The molecule has 2 aliphatic heterocycles. The molecule has 180 valence electrons. The van der Waals surface area contributed by atoms with Crippen molar-refractivity contribution in [3.05, 3.63) is 35.5 Å². The van der Waals surface area contributed by atoms with Crippen LogP contribution in [0.5, 0.6) is 11.5 Å². The van der Waals surface area contributed by atoms with Gasteiger partial charge in [-0.25, -0.2) is 4.68 Å². The topological polar surface area (TPSA) is 68.6 Å². The summed E-state index contributed by atoms with van der Waals surface area (Å²) < 4.78 is 53.5. The largest absolute Gasteiger partial charge is 0.493 e. The van der Waals surface area contributed by atoms with Crippen LogP contribution in [-0.4, -0.2) is 53.6 Å². The first-order valence-corrected chi connectivity index (χ1v) is 11.1. The number of anilines is 1. The van der Waals surface area contributed by atoms with E-state index in [1.54, 1.807) is 23.1 Å². The number of carbonyl (C=O) groups is 1. The smallest absolute Gasteiger partial charge is 0.410 e. The Morgan fingerprint density at radius 2 is 1.85 bits per heavy atom. The minimum Gasteiger partial charge on any atom is -0.493 e. The van der Waals surface area contributed by atoms with Crippen LogP contribution in [0.4, 0.5) is 19.0 Å². The second-order valence-corrected chi connectivity index (χ2v) is 8.94. The number of halogens is 3. The highest BCUT2D eigenvalue weighted by molar-refractivity contribution is 5.93. The zero-order valence-electron chi connectivity index (χ0n) is 19.1. The zero-order chi connectivity index (χ0) is 23.9. The second-order valence-electron chi connectivity index (χ2n) is 8.94. The fourth-order valence-electron chi connectivity index (χ4n) is 4.82. The standard InChI is InChI=1S/C23H29F3N4O3/c1-13-7-8-29(14(2)9-13)22(31)17-12-21-27-16(11-20(23(24,25)26)30(21)28-17)15-5-6-18(32-3)19(10-15)33-4/h5-6,10,12-14,16,20,27H,7-9,11H2,1-4H3/t13-,14-,16-,20+/m1/s1. The number of benzene rings is 1. The van der Waals surface area contributed by atoms with E-state index in [0.29, 0.717) is 29.5 Å². The first-order valence-electron chi connectivity index (χ1n) is 11.1. The molecule has 1 fully saturated rings. The maximum Gasteiger partial charge on any atom is 0.410 e. The molecule has 1 saturated heterocycles. The van der Waals surface area contributed by atoms with Crippen LogP contribution < -0.4 is 14.8 Å². The highest BCUT2D eigenvalue weighted by Crippen LogP contribution is 2.44. The molecular weight excluding hydrogens is 437 g/mol. The summed E-state index contributed by atoms with van der Waals surface area (Å²) >= 11 is 0. The lowest BCUT2D eigenvalue weighted by atomic mass is 9.93. The van der Waals surface area contributed by atoms with Crippen LogP contribution in [0.15, 0.2) is 24.3 Å². The number of aromatic nitrogens is 2. The summed E-state index contributed by atoms with van der Waals surface area (Å²) in [6.07, 6.45) is -3.05. The minimum absolute atomic E-state index is 0.0193. The van der Waals surface area contributed by atoms with Gasteiger partial charge in [-0.3, -0.25) is 4.79 Å². The third kappa shape index (κ3) is 4.47. The minimum atomic E-state index is -4.52. The van der Waals surface area contributed by atoms with Crippen LogP contribution in [0.3, 0.4) is 0 Å². The van der Waals surface area contributed by atoms with E-state index in [2.05, 4.69) is 17.3 Å². The van der Waals surface area contributed by atoms with Crippen LogP contribution in [0, 0.1) is 5.92 Å². The molecule has 0 unspecified atom stereocenters. The molecule has 1 aromatic carbocycles. The third-order valence-corrected chi connectivity index (χ3v) is 6.62. The van der Waals surface area contributed by atoms with Crippen molar-refractivity contribution in [1.82, 2.24) is 14.7 Å². The van der Waals surface area contributed by atoms with Gasteiger partial charge in [-0.15, -0.1) is 0 Å². The van der Waals surface area contributed by atoms with Crippen LogP contribution in [0.2, 0.25) is 0 Å². The van der Waals surface area contributed by atoms with Crippen molar-refractivity contribution in [2.45, 2.75) is 57.4 Å². The average molecular weight is 467 g/mol. The van der Waals surface area contributed by atoms with E-state index in [1.807, 2.05) is 6.92 Å². The molecule has 7 nitrogen and oxygen atoms in total. The molecular formula is C23H29F3N4O3. The lowest BCUT2D eigenvalue weighted by Crippen LogP contribution is -2.44. The molecule has 3 heterocycles. The molecule has 1 N–H and O–H groups in total. The average Bonchev–Trinajstić information content (AvgIpc) is 3.21. The van der Waals surface area contributed by atoms with E-state index in [4.69, 9.17) is 9.47 Å². The summed E-state index contributed by atoms with van der Waals surface area (Å²) in [6.45, 7) is 4.68. The van der Waals surface area contributed by atoms with Crippen molar-refractivity contribution in [2.24, 2.45) is 5.92 Å². The summed E-state index contributed by atoms with van der Waals surface area (Å²) in [5, 5.41) is 7.25. The molecule has 0 spiro atoms. The van der Waals surface area contributed by atoms with Crippen LogP contribution >= 0.6 is 0 Å². The lowest BCUT2D eigenvalue weighted by molar-refractivity contribution is -0.173. The van der Waals surface area contributed by atoms with Crippen LogP contribution in [0.1, 0.15) is 61.2 Å². The van der Waals surface area contributed by atoms with Crippen molar-refractivity contribution in [2.75, 3.05) is 26.1 Å². The van der Waals surface area contributed by atoms with Crippen LogP contribution in [-0.2, 0) is 0 Å². The van der Waals surface area contributed by atoms with Gasteiger partial charge < -0.3 is 19.7 Å². The number of fused-ring (bicyclic) bond motifs is 1. The van der Waals surface area contributed by atoms with Gasteiger partial charge in [0.2, 0.25) is 0 Å². The van der Waals surface area contributed by atoms with Crippen molar-refractivity contribution >= 4 is 11.7 Å². The van der Waals surface area contributed by atoms with Gasteiger partial charge in [0.25, 0.3) is 5.91 Å². The molecule has 33 heavy (non-hydrogen) atoms. The number of nitrogens with zero attached hydrogens (tertiary/aromatic N) is 3. The number of carbonyl (C=O) groups excluding carboxylic acids is 1. The summed E-state index contributed by atoms with van der Waals surface area (Å²) in [6, 6.07) is 3.99. The normalized spacial score (nSPS) is 25.2. The molecule has 1 aromatic heterocycles. The monoisotopic (exact) mass is 466 g/mol. The van der Waals surface area contributed by atoms with E-state index in [9.17, 15) is 18.0 Å². The predicted octanol–water partition coefficient (Wildman–Crippen LogP) is 4.82. The van der Waals surface area contributed by atoms with E-state index in [-0.39, 0.29) is 29.9 Å². The van der Waals surface area contributed by atoms with Gasteiger partial charge in [0, 0.05) is 25.1 Å². The predicted molar refractivity (Wildman–Crippen MR) is 117 cm³/mol. The van der Waals surface area contributed by atoms with Gasteiger partial charge >= 0.3 is 6.18 Å². The van der Waals surface area contributed by atoms with Crippen molar-refractivity contribution < 1.29 is 27.4 Å². The van der Waals surface area contributed by atoms with E-state index < -0.39 is 18.3 Å². The van der Waals surface area contributed by atoms with E-state index in [1.165, 1.54) is 20.3 Å². The number of hydrogen-bond donors (Lipinski definition) is 1. The van der Waals surface area contributed by atoms with Crippen LogP contribution in [0.25, 0.3) is 0 Å². The first kappa shape index (κ1) is 23.3. The summed E-state index contributed by atoms with van der Waals surface area (Å²) in [4.78, 5) is 14.8. The third-order valence-electron chi connectivity index (χ3n) is 6.62. The maximum absolute atomic E-state index is 14.0. The molecule has 4 atom stereocenters. The van der Waals surface area contributed by atoms with Gasteiger partial charge in [0.1, 0.15) is 5.82 Å². The molecule has 2 aliphatic rings. The molecule has 0 aliphatic carbocycles. The van der Waals surface area contributed by atoms with Gasteiger partial charge in [-0.2, -0.15) is 18.3 Å². The van der Waals surface area contributed by atoms with E-state index in [0.717, 1.165) is 17.5 Å². The first-order chi connectivity index (χ1) is 15.6. The Hall–Kier alpha value is -2.91. The lowest BCUT2D eigenvalue weighted by Gasteiger charge is -2.36. The molecule has 10 heteroatoms.